The summed E-state index contributed by atoms with van der Waals surface area (Å²) in [6.45, 7) is 6.03. The quantitative estimate of drug-likeness (QED) is 0.882. The fourth-order valence-corrected chi connectivity index (χ4v) is 2.70. The molecule has 19 heavy (non-hydrogen) atoms. The van der Waals surface area contributed by atoms with Crippen molar-refractivity contribution in [2.75, 3.05) is 26.2 Å². The van der Waals surface area contributed by atoms with Crippen molar-refractivity contribution >= 4 is 5.91 Å². The van der Waals surface area contributed by atoms with Gasteiger partial charge in [0.25, 0.3) is 5.91 Å². The lowest BCUT2D eigenvalue weighted by Crippen LogP contribution is -2.41. The van der Waals surface area contributed by atoms with Gasteiger partial charge in [-0.05, 0) is 50.4 Å². The zero-order valence-corrected chi connectivity index (χ0v) is 11.8. The molecule has 1 unspecified atom stereocenters. The number of nitrogens with one attached hydrogen (secondary N) is 1. The largest absolute Gasteiger partial charge is 0.338 e. The van der Waals surface area contributed by atoms with Crippen molar-refractivity contribution in [1.29, 1.82) is 0 Å². The van der Waals surface area contributed by atoms with Gasteiger partial charge in [-0.1, -0.05) is 25.1 Å². The van der Waals surface area contributed by atoms with Gasteiger partial charge in [-0.3, -0.25) is 4.79 Å². The molecule has 1 amide bonds. The van der Waals surface area contributed by atoms with Crippen molar-refractivity contribution < 1.29 is 4.79 Å². The lowest BCUT2D eigenvalue weighted by molar-refractivity contribution is 0.0719. The average molecular weight is 260 g/mol. The summed E-state index contributed by atoms with van der Waals surface area (Å²) < 4.78 is 0. The third kappa shape index (κ3) is 4.06. The minimum Gasteiger partial charge on any atom is -0.338 e. The highest BCUT2D eigenvalue weighted by atomic mass is 16.2. The summed E-state index contributed by atoms with van der Waals surface area (Å²) in [6, 6.07) is 9.62. The van der Waals surface area contributed by atoms with Gasteiger partial charge in [-0.25, -0.2) is 0 Å². The van der Waals surface area contributed by atoms with Crippen LogP contribution in [-0.2, 0) is 0 Å². The van der Waals surface area contributed by atoms with Crippen LogP contribution >= 0.6 is 0 Å². The first-order valence-electron chi connectivity index (χ1n) is 7.36. The van der Waals surface area contributed by atoms with Gasteiger partial charge in [0.2, 0.25) is 0 Å². The number of amides is 1. The van der Waals surface area contributed by atoms with Crippen LogP contribution in [0.3, 0.4) is 0 Å². The average Bonchev–Trinajstić information content (AvgIpc) is 2.48. The molecule has 0 aliphatic carbocycles. The topological polar surface area (TPSA) is 32.3 Å². The number of piperidine rings is 1. The molecule has 1 aromatic rings. The lowest BCUT2D eigenvalue weighted by Gasteiger charge is -2.30. The molecule has 1 aliphatic rings. The van der Waals surface area contributed by atoms with E-state index in [9.17, 15) is 4.79 Å². The summed E-state index contributed by atoms with van der Waals surface area (Å²) in [6.07, 6.45) is 3.47. The zero-order valence-electron chi connectivity index (χ0n) is 11.8. The number of benzene rings is 1. The van der Waals surface area contributed by atoms with Crippen LogP contribution in [-0.4, -0.2) is 37.0 Å². The third-order valence-corrected chi connectivity index (χ3v) is 3.68. The second-order valence-electron chi connectivity index (χ2n) is 5.33. The summed E-state index contributed by atoms with van der Waals surface area (Å²) in [7, 11) is 0. The highest BCUT2D eigenvalue weighted by molar-refractivity contribution is 5.94. The van der Waals surface area contributed by atoms with Crippen LogP contribution in [0.4, 0.5) is 0 Å². The molecule has 1 aromatic carbocycles. The first-order valence-corrected chi connectivity index (χ1v) is 7.36. The van der Waals surface area contributed by atoms with Crippen LogP contribution < -0.4 is 5.32 Å². The lowest BCUT2D eigenvalue weighted by atomic mass is 9.98. The summed E-state index contributed by atoms with van der Waals surface area (Å²) in [5, 5.41) is 3.42. The number of rotatable bonds is 5. The van der Waals surface area contributed by atoms with Crippen LogP contribution in [0.5, 0.6) is 0 Å². The molecular weight excluding hydrogens is 236 g/mol. The highest BCUT2D eigenvalue weighted by Gasteiger charge is 2.20. The molecule has 1 saturated heterocycles. The van der Waals surface area contributed by atoms with Gasteiger partial charge in [-0.15, -0.1) is 0 Å². The van der Waals surface area contributed by atoms with Gasteiger partial charge >= 0.3 is 0 Å². The minimum atomic E-state index is 0.174. The fraction of sp³-hybridized carbons (Fsp3) is 0.562. The smallest absolute Gasteiger partial charge is 0.253 e. The maximum absolute atomic E-state index is 12.5. The van der Waals surface area contributed by atoms with E-state index in [-0.39, 0.29) is 5.91 Å². The molecule has 0 bridgehead atoms. The molecule has 0 spiro atoms. The monoisotopic (exact) mass is 260 g/mol. The second-order valence-corrected chi connectivity index (χ2v) is 5.33. The SMILES string of the molecule is CCCN(CC1CCCNC1)C(=O)c1ccccc1. The van der Waals surface area contributed by atoms with E-state index < -0.39 is 0 Å². The summed E-state index contributed by atoms with van der Waals surface area (Å²) in [5.41, 5.74) is 0.805. The standard InChI is InChI=1S/C16H24N2O/c1-2-11-18(13-14-7-6-10-17-12-14)16(19)15-8-4-3-5-9-15/h3-5,8-9,14,17H,2,6-7,10-13H2,1H3. The molecule has 1 heterocycles. The Labute approximate surface area is 116 Å². The Kier molecular flexibility index (Phi) is 5.40. The highest BCUT2D eigenvalue weighted by Crippen LogP contribution is 2.14. The van der Waals surface area contributed by atoms with Crippen LogP contribution in [0.2, 0.25) is 0 Å². The van der Waals surface area contributed by atoms with E-state index in [0.29, 0.717) is 5.92 Å². The van der Waals surface area contributed by atoms with Gasteiger partial charge in [-0.2, -0.15) is 0 Å². The number of nitrogens with zero attached hydrogens (tertiary/aromatic N) is 1. The maximum Gasteiger partial charge on any atom is 0.253 e. The van der Waals surface area contributed by atoms with Crippen molar-refractivity contribution in [1.82, 2.24) is 10.2 Å². The molecule has 1 N–H and O–H groups in total. The predicted molar refractivity (Wildman–Crippen MR) is 78.2 cm³/mol. The zero-order chi connectivity index (χ0) is 13.5. The Balaban J connectivity index is 2.00. The van der Waals surface area contributed by atoms with Gasteiger partial charge in [0, 0.05) is 18.7 Å². The Hall–Kier alpha value is -1.35. The fourth-order valence-electron chi connectivity index (χ4n) is 2.70. The van der Waals surface area contributed by atoms with E-state index in [1.54, 1.807) is 0 Å². The van der Waals surface area contributed by atoms with Crippen LogP contribution in [0.1, 0.15) is 36.5 Å². The molecule has 3 nitrogen and oxygen atoms in total. The van der Waals surface area contributed by atoms with Gasteiger partial charge in [0.15, 0.2) is 0 Å². The predicted octanol–water partition coefficient (Wildman–Crippen LogP) is 2.54. The molecule has 0 aromatic heterocycles. The van der Waals surface area contributed by atoms with Crippen molar-refractivity contribution in [3.8, 4) is 0 Å². The maximum atomic E-state index is 12.5. The normalized spacial score (nSPS) is 19.1. The molecule has 0 radical (unpaired) electrons. The van der Waals surface area contributed by atoms with Gasteiger partial charge in [0.05, 0.1) is 0 Å². The van der Waals surface area contributed by atoms with E-state index >= 15 is 0 Å². The van der Waals surface area contributed by atoms with Crippen molar-refractivity contribution in [2.45, 2.75) is 26.2 Å². The van der Waals surface area contributed by atoms with Crippen LogP contribution in [0, 0.1) is 5.92 Å². The summed E-state index contributed by atoms with van der Waals surface area (Å²) in [5.74, 6) is 0.779. The van der Waals surface area contributed by atoms with Gasteiger partial charge in [0.1, 0.15) is 0 Å². The van der Waals surface area contributed by atoms with Gasteiger partial charge < -0.3 is 10.2 Å². The Morgan fingerprint density at radius 2 is 2.16 bits per heavy atom. The van der Waals surface area contributed by atoms with Crippen LogP contribution in [0.15, 0.2) is 30.3 Å². The summed E-state index contributed by atoms with van der Waals surface area (Å²) >= 11 is 0. The van der Waals surface area contributed by atoms with E-state index in [1.165, 1.54) is 12.8 Å². The van der Waals surface area contributed by atoms with Crippen molar-refractivity contribution in [2.24, 2.45) is 5.92 Å². The number of carbonyl (C=O) groups is 1. The number of hydrogen-bond donors (Lipinski definition) is 1. The van der Waals surface area contributed by atoms with Crippen LogP contribution in [0.25, 0.3) is 0 Å². The Morgan fingerprint density at radius 3 is 2.79 bits per heavy atom. The molecule has 1 fully saturated rings. The molecule has 1 aliphatic heterocycles. The molecular formula is C16H24N2O. The van der Waals surface area contributed by atoms with Crippen molar-refractivity contribution in [3.05, 3.63) is 35.9 Å². The van der Waals surface area contributed by atoms with Crippen molar-refractivity contribution in [3.63, 3.8) is 0 Å². The molecule has 0 saturated carbocycles. The molecule has 3 heteroatoms. The van der Waals surface area contributed by atoms with E-state index in [0.717, 1.165) is 38.2 Å². The Bertz CT molecular complexity index is 385. The molecule has 2 rings (SSSR count). The first kappa shape index (κ1) is 14.1. The summed E-state index contributed by atoms with van der Waals surface area (Å²) in [4.78, 5) is 14.5. The molecule has 104 valence electrons. The molecule has 1 atom stereocenters. The second kappa shape index (κ2) is 7.29. The van der Waals surface area contributed by atoms with E-state index in [2.05, 4.69) is 12.2 Å². The Morgan fingerprint density at radius 1 is 1.37 bits per heavy atom. The third-order valence-electron chi connectivity index (χ3n) is 3.68. The first-order chi connectivity index (χ1) is 9.31. The number of hydrogen-bond acceptors (Lipinski definition) is 2. The minimum absolute atomic E-state index is 0.174. The van der Waals surface area contributed by atoms with E-state index in [4.69, 9.17) is 0 Å². The number of carbonyl (C=O) groups excluding carboxylic acids is 1. The van der Waals surface area contributed by atoms with E-state index in [1.807, 2.05) is 35.2 Å².